The van der Waals surface area contributed by atoms with E-state index < -0.39 is 0 Å². The van der Waals surface area contributed by atoms with E-state index in [0.717, 1.165) is 15.0 Å². The Bertz CT molecular complexity index is 836. The summed E-state index contributed by atoms with van der Waals surface area (Å²) in [6, 6.07) is 9.02. The fraction of sp³-hybridized carbons (Fsp3) is 0.0714. The molecule has 0 saturated heterocycles. The molecule has 1 heterocycles. The Morgan fingerprint density at radius 1 is 1.28 bits per heavy atom. The van der Waals surface area contributed by atoms with Crippen LogP contribution in [-0.4, -0.2) is 5.11 Å². The maximum absolute atomic E-state index is 12.4. The molecule has 1 N–H and O–H groups in total. The lowest BCUT2D eigenvalue weighted by molar-refractivity contribution is 0.476. The fourth-order valence-corrected chi connectivity index (χ4v) is 3.53. The van der Waals surface area contributed by atoms with E-state index in [1.165, 1.54) is 11.3 Å². The van der Waals surface area contributed by atoms with Crippen molar-refractivity contribution in [3.63, 3.8) is 0 Å². The van der Waals surface area contributed by atoms with Crippen molar-refractivity contribution < 1.29 is 5.11 Å². The van der Waals surface area contributed by atoms with Crippen LogP contribution in [0.1, 0.15) is 5.56 Å². The minimum Gasteiger partial charge on any atom is -0.506 e. The lowest BCUT2D eigenvalue weighted by Crippen LogP contribution is -2.02. The SMILES string of the molecule is Cc1cc(O)c(Cl)c2c(=O)c3ccccc3sc12. The van der Waals surface area contributed by atoms with Gasteiger partial charge in [-0.2, -0.15) is 0 Å². The van der Waals surface area contributed by atoms with E-state index in [9.17, 15) is 9.90 Å². The third-order valence-corrected chi connectivity index (χ3v) is 4.64. The first kappa shape index (κ1) is 11.5. The van der Waals surface area contributed by atoms with Crippen LogP contribution in [0, 0.1) is 6.92 Å². The number of hydrogen-bond acceptors (Lipinski definition) is 3. The Labute approximate surface area is 112 Å². The second-order valence-electron chi connectivity index (χ2n) is 4.16. The molecule has 2 aromatic carbocycles. The van der Waals surface area contributed by atoms with Gasteiger partial charge in [-0.3, -0.25) is 4.79 Å². The van der Waals surface area contributed by atoms with E-state index in [2.05, 4.69) is 0 Å². The number of rotatable bonds is 0. The third-order valence-electron chi connectivity index (χ3n) is 2.95. The van der Waals surface area contributed by atoms with Gasteiger partial charge in [0, 0.05) is 14.8 Å². The number of phenols is 1. The van der Waals surface area contributed by atoms with Crippen molar-refractivity contribution in [2.45, 2.75) is 6.92 Å². The summed E-state index contributed by atoms with van der Waals surface area (Å²) >= 11 is 7.58. The Balaban J connectivity index is 2.69. The highest BCUT2D eigenvalue weighted by Gasteiger charge is 2.14. The Kier molecular flexibility index (Phi) is 2.54. The molecule has 0 spiro atoms. The Hall–Kier alpha value is -1.58. The van der Waals surface area contributed by atoms with Gasteiger partial charge in [0.15, 0.2) is 5.43 Å². The standard InChI is InChI=1S/C14H9ClO2S/c1-7-6-9(16)12(15)11-13(17)8-4-2-3-5-10(8)18-14(7)11/h2-6,16H,1H3. The van der Waals surface area contributed by atoms with Crippen LogP contribution in [0.2, 0.25) is 5.02 Å². The van der Waals surface area contributed by atoms with E-state index in [1.807, 2.05) is 25.1 Å². The molecule has 1 aromatic heterocycles. The van der Waals surface area contributed by atoms with Crippen molar-refractivity contribution in [1.29, 1.82) is 0 Å². The molecule has 3 aromatic rings. The second kappa shape index (κ2) is 3.97. The van der Waals surface area contributed by atoms with Gasteiger partial charge in [0.1, 0.15) is 5.75 Å². The number of aromatic hydroxyl groups is 1. The molecule has 18 heavy (non-hydrogen) atoms. The monoisotopic (exact) mass is 276 g/mol. The summed E-state index contributed by atoms with van der Waals surface area (Å²) in [6.45, 7) is 1.86. The molecule has 0 aliphatic carbocycles. The highest BCUT2D eigenvalue weighted by atomic mass is 35.5. The molecule has 0 fully saturated rings. The van der Waals surface area contributed by atoms with Crippen LogP contribution in [0.25, 0.3) is 20.2 Å². The molecule has 0 atom stereocenters. The summed E-state index contributed by atoms with van der Waals surface area (Å²) in [5.74, 6) is -0.0405. The van der Waals surface area contributed by atoms with Gasteiger partial charge >= 0.3 is 0 Å². The summed E-state index contributed by atoms with van der Waals surface area (Å²) in [5, 5.41) is 10.9. The molecule has 2 nitrogen and oxygen atoms in total. The first-order valence-electron chi connectivity index (χ1n) is 5.43. The summed E-state index contributed by atoms with van der Waals surface area (Å²) in [4.78, 5) is 12.4. The lowest BCUT2D eigenvalue weighted by atomic mass is 10.1. The molecule has 90 valence electrons. The van der Waals surface area contributed by atoms with Gasteiger partial charge in [0.05, 0.1) is 10.4 Å². The van der Waals surface area contributed by atoms with Crippen LogP contribution in [0.15, 0.2) is 35.1 Å². The zero-order valence-electron chi connectivity index (χ0n) is 9.53. The molecule has 4 heteroatoms. The van der Waals surface area contributed by atoms with Crippen molar-refractivity contribution in [2.75, 3.05) is 0 Å². The van der Waals surface area contributed by atoms with Crippen molar-refractivity contribution in [1.82, 2.24) is 0 Å². The first-order valence-corrected chi connectivity index (χ1v) is 6.62. The van der Waals surface area contributed by atoms with Gasteiger partial charge in [0.2, 0.25) is 0 Å². The van der Waals surface area contributed by atoms with Crippen LogP contribution < -0.4 is 5.43 Å². The van der Waals surface area contributed by atoms with Gasteiger partial charge < -0.3 is 5.11 Å². The van der Waals surface area contributed by atoms with Crippen molar-refractivity contribution in [3.05, 3.63) is 51.1 Å². The first-order chi connectivity index (χ1) is 8.59. The van der Waals surface area contributed by atoms with Crippen LogP contribution in [-0.2, 0) is 0 Å². The summed E-state index contributed by atoms with van der Waals surface area (Å²) in [5.41, 5.74) is 0.739. The number of fused-ring (bicyclic) bond motifs is 2. The highest BCUT2D eigenvalue weighted by molar-refractivity contribution is 7.24. The summed E-state index contributed by atoms with van der Waals surface area (Å²) in [7, 11) is 0. The molecular weight excluding hydrogens is 268 g/mol. The molecule has 3 rings (SSSR count). The van der Waals surface area contributed by atoms with Crippen molar-refractivity contribution in [3.8, 4) is 5.75 Å². The average molecular weight is 277 g/mol. The van der Waals surface area contributed by atoms with E-state index >= 15 is 0 Å². The minimum atomic E-state index is -0.122. The van der Waals surface area contributed by atoms with Crippen LogP contribution in [0.3, 0.4) is 0 Å². The van der Waals surface area contributed by atoms with Gasteiger partial charge in [-0.1, -0.05) is 23.7 Å². The van der Waals surface area contributed by atoms with E-state index in [-0.39, 0.29) is 16.2 Å². The minimum absolute atomic E-state index is 0.0405. The Morgan fingerprint density at radius 3 is 2.78 bits per heavy atom. The van der Waals surface area contributed by atoms with Crippen LogP contribution >= 0.6 is 22.9 Å². The summed E-state index contributed by atoms with van der Waals surface area (Å²) in [6.07, 6.45) is 0. The quantitative estimate of drug-likeness (QED) is 0.628. The smallest absolute Gasteiger partial charge is 0.197 e. The summed E-state index contributed by atoms with van der Waals surface area (Å²) < 4.78 is 1.77. The predicted molar refractivity (Wildman–Crippen MR) is 77.0 cm³/mol. The maximum atomic E-state index is 12.4. The van der Waals surface area contributed by atoms with E-state index in [0.29, 0.717) is 10.8 Å². The zero-order valence-corrected chi connectivity index (χ0v) is 11.1. The van der Waals surface area contributed by atoms with Crippen molar-refractivity contribution in [2.24, 2.45) is 0 Å². The fourth-order valence-electron chi connectivity index (χ4n) is 2.08. The third kappa shape index (κ3) is 1.51. The molecule has 0 aliphatic heterocycles. The number of benzene rings is 2. The molecule has 0 radical (unpaired) electrons. The van der Waals surface area contributed by atoms with Crippen molar-refractivity contribution >= 4 is 43.1 Å². The molecular formula is C14H9ClO2S. The normalized spacial score (nSPS) is 11.2. The maximum Gasteiger partial charge on any atom is 0.197 e. The number of aryl methyl sites for hydroxylation is 1. The Morgan fingerprint density at radius 2 is 2.00 bits per heavy atom. The highest BCUT2D eigenvalue weighted by Crippen LogP contribution is 2.36. The molecule has 0 unspecified atom stereocenters. The molecule has 0 saturated carbocycles. The average Bonchev–Trinajstić information content (AvgIpc) is 2.36. The number of hydrogen-bond donors (Lipinski definition) is 1. The number of halogens is 1. The van der Waals surface area contributed by atoms with Crippen LogP contribution in [0.4, 0.5) is 0 Å². The second-order valence-corrected chi connectivity index (χ2v) is 5.59. The van der Waals surface area contributed by atoms with Crippen LogP contribution in [0.5, 0.6) is 5.75 Å². The molecule has 0 aliphatic rings. The van der Waals surface area contributed by atoms with E-state index in [4.69, 9.17) is 11.6 Å². The molecule has 0 bridgehead atoms. The van der Waals surface area contributed by atoms with Gasteiger partial charge in [0.25, 0.3) is 0 Å². The lowest BCUT2D eigenvalue weighted by Gasteiger charge is -2.07. The van der Waals surface area contributed by atoms with Gasteiger partial charge in [-0.25, -0.2) is 0 Å². The van der Waals surface area contributed by atoms with E-state index in [1.54, 1.807) is 12.1 Å². The van der Waals surface area contributed by atoms with Gasteiger partial charge in [-0.15, -0.1) is 11.3 Å². The number of phenolic OH excluding ortho intramolecular Hbond substituents is 1. The largest absolute Gasteiger partial charge is 0.506 e. The topological polar surface area (TPSA) is 37.3 Å². The predicted octanol–water partition coefficient (Wildman–Crippen LogP) is 4.08. The van der Waals surface area contributed by atoms with Gasteiger partial charge in [-0.05, 0) is 30.7 Å². The zero-order chi connectivity index (χ0) is 12.9. The molecule has 0 amide bonds.